The van der Waals surface area contributed by atoms with E-state index in [-0.39, 0.29) is 0 Å². The Labute approximate surface area is 71.5 Å². The van der Waals surface area contributed by atoms with Gasteiger partial charge in [-0.15, -0.1) is 0 Å². The molecule has 0 atom stereocenters. The number of pyridine rings is 1. The fraction of sp³-hybridized carbons (Fsp3) is 0.222. The van der Waals surface area contributed by atoms with Gasteiger partial charge in [0.15, 0.2) is 0 Å². The highest BCUT2D eigenvalue weighted by Crippen LogP contribution is 2.22. The molecule has 1 aromatic heterocycles. The molecule has 1 aliphatic rings. The fourth-order valence-corrected chi connectivity index (χ4v) is 1.34. The van der Waals surface area contributed by atoms with Crippen LogP contribution in [0.15, 0.2) is 30.6 Å². The number of nitrogens with zero attached hydrogens (tertiary/aromatic N) is 2. The molecule has 0 unspecified atom stereocenters. The molecule has 0 radical (unpaired) electrons. The maximum absolute atomic E-state index is 5.71. The molecule has 0 saturated heterocycles. The van der Waals surface area contributed by atoms with Gasteiger partial charge in [0.2, 0.25) is 0 Å². The second-order valence-electron chi connectivity index (χ2n) is 2.77. The largest absolute Gasteiger partial charge is 0.382 e. The summed E-state index contributed by atoms with van der Waals surface area (Å²) < 4.78 is 0. The summed E-state index contributed by atoms with van der Waals surface area (Å²) in [6.07, 6.45) is 6.98. The van der Waals surface area contributed by atoms with Crippen LogP contribution in [0, 0.1) is 0 Å². The first-order chi connectivity index (χ1) is 5.88. The molecule has 2 rings (SSSR count). The highest BCUT2D eigenvalue weighted by atomic mass is 15.1. The summed E-state index contributed by atoms with van der Waals surface area (Å²) in [5, 5.41) is 0. The normalized spacial score (nSPS) is 15.5. The molecule has 0 spiro atoms. The van der Waals surface area contributed by atoms with Gasteiger partial charge in [-0.3, -0.25) is 0 Å². The highest BCUT2D eigenvalue weighted by Gasteiger charge is 2.09. The number of nitrogen functional groups attached to an aromatic ring is 1. The van der Waals surface area contributed by atoms with Crippen molar-refractivity contribution < 1.29 is 0 Å². The van der Waals surface area contributed by atoms with Crippen LogP contribution >= 0.6 is 0 Å². The van der Waals surface area contributed by atoms with Crippen LogP contribution in [0.2, 0.25) is 0 Å². The number of rotatable bonds is 1. The predicted octanol–water partition coefficient (Wildman–Crippen LogP) is 1.39. The smallest absolute Gasteiger partial charge is 0.147 e. The Balaban J connectivity index is 2.33. The first-order valence-electron chi connectivity index (χ1n) is 4.02. The van der Waals surface area contributed by atoms with E-state index < -0.39 is 0 Å². The highest BCUT2D eigenvalue weighted by molar-refractivity contribution is 5.65. The average molecular weight is 161 g/mol. The number of anilines is 2. The van der Waals surface area contributed by atoms with Crippen molar-refractivity contribution in [2.75, 3.05) is 17.2 Å². The molecule has 0 aromatic carbocycles. The van der Waals surface area contributed by atoms with E-state index in [4.69, 9.17) is 5.73 Å². The second-order valence-corrected chi connectivity index (χ2v) is 2.77. The van der Waals surface area contributed by atoms with Crippen LogP contribution in [0.3, 0.4) is 0 Å². The molecule has 0 saturated carbocycles. The molecule has 1 aliphatic heterocycles. The van der Waals surface area contributed by atoms with Gasteiger partial charge in [0, 0.05) is 18.9 Å². The Bertz CT molecular complexity index is 306. The summed E-state index contributed by atoms with van der Waals surface area (Å²) in [4.78, 5) is 6.14. The van der Waals surface area contributed by atoms with E-state index >= 15 is 0 Å². The van der Waals surface area contributed by atoms with Crippen LogP contribution in [0.4, 0.5) is 11.5 Å². The van der Waals surface area contributed by atoms with Crippen LogP contribution in [0.1, 0.15) is 6.42 Å². The van der Waals surface area contributed by atoms with Crippen LogP contribution in [0.5, 0.6) is 0 Å². The van der Waals surface area contributed by atoms with Crippen molar-refractivity contribution in [1.29, 1.82) is 0 Å². The van der Waals surface area contributed by atoms with Crippen molar-refractivity contribution >= 4 is 11.5 Å². The first kappa shape index (κ1) is 7.16. The zero-order valence-corrected chi connectivity index (χ0v) is 6.77. The molecule has 0 amide bonds. The second kappa shape index (κ2) is 2.85. The molecular weight excluding hydrogens is 150 g/mol. The van der Waals surface area contributed by atoms with Gasteiger partial charge in [0.25, 0.3) is 0 Å². The molecule has 3 nitrogen and oxygen atoms in total. The molecule has 12 heavy (non-hydrogen) atoms. The molecule has 2 heterocycles. The summed E-state index contributed by atoms with van der Waals surface area (Å²) >= 11 is 0. The minimum Gasteiger partial charge on any atom is -0.382 e. The van der Waals surface area contributed by atoms with E-state index in [0.717, 1.165) is 18.7 Å². The van der Waals surface area contributed by atoms with Gasteiger partial charge in [0.1, 0.15) is 5.82 Å². The Morgan fingerprint density at radius 2 is 2.42 bits per heavy atom. The average Bonchev–Trinajstić information content (AvgIpc) is 2.57. The summed E-state index contributed by atoms with van der Waals surface area (Å²) in [7, 11) is 0. The Kier molecular flexibility index (Phi) is 1.70. The fourth-order valence-electron chi connectivity index (χ4n) is 1.34. The molecule has 0 fully saturated rings. The van der Waals surface area contributed by atoms with Crippen molar-refractivity contribution in [2.24, 2.45) is 0 Å². The van der Waals surface area contributed by atoms with Crippen LogP contribution in [-0.2, 0) is 0 Å². The standard InChI is InChI=1S/C9H11N3/c10-9-8(4-3-5-11-9)12-6-1-2-7-12/h1,3-6H,2,7H2,(H2,10,11). The lowest BCUT2D eigenvalue weighted by atomic mass is 10.3. The van der Waals surface area contributed by atoms with E-state index in [0.29, 0.717) is 5.82 Å². The number of hydrogen-bond acceptors (Lipinski definition) is 3. The zero-order chi connectivity index (χ0) is 8.39. The van der Waals surface area contributed by atoms with Gasteiger partial charge in [0.05, 0.1) is 5.69 Å². The van der Waals surface area contributed by atoms with E-state index in [1.807, 2.05) is 18.3 Å². The maximum Gasteiger partial charge on any atom is 0.147 e. The van der Waals surface area contributed by atoms with Crippen molar-refractivity contribution in [3.8, 4) is 0 Å². The van der Waals surface area contributed by atoms with E-state index in [9.17, 15) is 0 Å². The summed E-state index contributed by atoms with van der Waals surface area (Å²) in [5.41, 5.74) is 6.72. The van der Waals surface area contributed by atoms with Crippen LogP contribution in [-0.4, -0.2) is 11.5 Å². The van der Waals surface area contributed by atoms with Gasteiger partial charge < -0.3 is 10.6 Å². The topological polar surface area (TPSA) is 42.1 Å². The number of aromatic nitrogens is 1. The monoisotopic (exact) mass is 161 g/mol. The van der Waals surface area contributed by atoms with Crippen molar-refractivity contribution in [3.63, 3.8) is 0 Å². The molecule has 62 valence electrons. The quantitative estimate of drug-likeness (QED) is 0.676. The van der Waals surface area contributed by atoms with E-state index in [1.54, 1.807) is 6.20 Å². The first-order valence-corrected chi connectivity index (χ1v) is 4.02. The number of nitrogens with two attached hydrogens (primary N) is 1. The van der Waals surface area contributed by atoms with Gasteiger partial charge in [-0.1, -0.05) is 6.08 Å². The molecule has 1 aromatic rings. The van der Waals surface area contributed by atoms with Crippen molar-refractivity contribution in [2.45, 2.75) is 6.42 Å². The van der Waals surface area contributed by atoms with E-state index in [1.165, 1.54) is 0 Å². The molecule has 2 N–H and O–H groups in total. The summed E-state index contributed by atoms with van der Waals surface area (Å²) in [5.74, 6) is 0.601. The molecule has 0 bridgehead atoms. The van der Waals surface area contributed by atoms with Gasteiger partial charge in [-0.05, 0) is 18.6 Å². The zero-order valence-electron chi connectivity index (χ0n) is 6.77. The van der Waals surface area contributed by atoms with Crippen LogP contribution < -0.4 is 10.6 Å². The SMILES string of the molecule is Nc1ncccc1N1C=CCC1. The Morgan fingerprint density at radius 1 is 1.50 bits per heavy atom. The third kappa shape index (κ3) is 1.13. The van der Waals surface area contributed by atoms with Crippen molar-refractivity contribution in [1.82, 2.24) is 4.98 Å². The van der Waals surface area contributed by atoms with Gasteiger partial charge >= 0.3 is 0 Å². The third-order valence-corrected chi connectivity index (χ3v) is 1.95. The van der Waals surface area contributed by atoms with E-state index in [2.05, 4.69) is 16.0 Å². The van der Waals surface area contributed by atoms with Gasteiger partial charge in [-0.2, -0.15) is 0 Å². The number of hydrogen-bond donors (Lipinski definition) is 1. The lowest BCUT2D eigenvalue weighted by Crippen LogP contribution is -2.14. The summed E-state index contributed by atoms with van der Waals surface area (Å²) in [6, 6.07) is 3.88. The summed E-state index contributed by atoms with van der Waals surface area (Å²) in [6.45, 7) is 1.01. The maximum atomic E-state index is 5.71. The third-order valence-electron chi connectivity index (χ3n) is 1.95. The molecular formula is C9H11N3. The van der Waals surface area contributed by atoms with Crippen molar-refractivity contribution in [3.05, 3.63) is 30.6 Å². The molecule has 3 heteroatoms. The molecule has 0 aliphatic carbocycles. The Hall–Kier alpha value is -1.51. The minimum absolute atomic E-state index is 0.601. The van der Waals surface area contributed by atoms with Gasteiger partial charge in [-0.25, -0.2) is 4.98 Å². The Morgan fingerprint density at radius 3 is 3.08 bits per heavy atom. The predicted molar refractivity (Wildman–Crippen MR) is 49.8 cm³/mol. The van der Waals surface area contributed by atoms with Crippen LogP contribution in [0.25, 0.3) is 0 Å². The lowest BCUT2D eigenvalue weighted by Gasteiger charge is -2.16. The lowest BCUT2D eigenvalue weighted by molar-refractivity contribution is 0.996. The minimum atomic E-state index is 0.601.